The number of nitrogens with zero attached hydrogens (tertiary/aromatic N) is 4. The molecule has 32 heavy (non-hydrogen) atoms. The third kappa shape index (κ3) is 4.88. The van der Waals surface area contributed by atoms with Crippen molar-refractivity contribution < 1.29 is 14.3 Å². The van der Waals surface area contributed by atoms with Crippen LogP contribution in [0.3, 0.4) is 0 Å². The smallest absolute Gasteiger partial charge is 0.255 e. The molecule has 1 fully saturated rings. The van der Waals surface area contributed by atoms with Gasteiger partial charge in [-0.25, -0.2) is 0 Å². The van der Waals surface area contributed by atoms with Gasteiger partial charge in [-0.05, 0) is 47.0 Å². The molecule has 0 bridgehead atoms. The molecule has 3 aromatic rings. The molecule has 1 heterocycles. The van der Waals surface area contributed by atoms with Crippen LogP contribution in [0.2, 0.25) is 5.02 Å². The fourth-order valence-corrected chi connectivity index (χ4v) is 4.06. The van der Waals surface area contributed by atoms with E-state index in [-0.39, 0.29) is 24.3 Å². The second-order valence-corrected chi connectivity index (χ2v) is 8.02. The summed E-state index contributed by atoms with van der Waals surface area (Å²) in [4.78, 5) is 25.2. The Bertz CT molecular complexity index is 1110. The van der Waals surface area contributed by atoms with Crippen molar-refractivity contribution in [3.05, 3.63) is 58.9 Å². The molecule has 1 aromatic heterocycles. The van der Waals surface area contributed by atoms with Crippen molar-refractivity contribution in [2.75, 3.05) is 12.4 Å². The Labute approximate surface area is 190 Å². The van der Waals surface area contributed by atoms with Crippen molar-refractivity contribution in [3.63, 3.8) is 0 Å². The van der Waals surface area contributed by atoms with Gasteiger partial charge in [0, 0.05) is 24.2 Å². The fraction of sp³-hybridized carbons (Fsp3) is 0.318. The molecule has 1 aliphatic carbocycles. The summed E-state index contributed by atoms with van der Waals surface area (Å²) in [6, 6.07) is 10.6. The number of amides is 2. The molecule has 4 rings (SSSR count). The van der Waals surface area contributed by atoms with Gasteiger partial charge in [0.25, 0.3) is 5.91 Å². The molecule has 1 saturated carbocycles. The zero-order valence-electron chi connectivity index (χ0n) is 17.5. The van der Waals surface area contributed by atoms with Crippen LogP contribution in [-0.2, 0) is 11.3 Å². The molecule has 0 atom stereocenters. The molecule has 2 aromatic carbocycles. The first kappa shape index (κ1) is 21.8. The number of hydrogen-bond acceptors (Lipinski definition) is 6. The third-order valence-corrected chi connectivity index (χ3v) is 5.79. The average Bonchev–Trinajstić information content (AvgIpc) is 3.52. The van der Waals surface area contributed by atoms with Crippen LogP contribution in [0, 0.1) is 5.92 Å². The maximum Gasteiger partial charge on any atom is 0.255 e. The van der Waals surface area contributed by atoms with Gasteiger partial charge in [0.05, 0.1) is 23.4 Å². The summed E-state index contributed by atoms with van der Waals surface area (Å²) in [5.41, 5.74) is 2.37. The highest BCUT2D eigenvalue weighted by Crippen LogP contribution is 2.29. The van der Waals surface area contributed by atoms with Gasteiger partial charge in [-0.1, -0.05) is 36.6 Å². The summed E-state index contributed by atoms with van der Waals surface area (Å²) in [5.74, 6) is 0.153. The van der Waals surface area contributed by atoms with Crippen molar-refractivity contribution in [2.24, 2.45) is 5.92 Å². The first-order valence-corrected chi connectivity index (χ1v) is 10.7. The van der Waals surface area contributed by atoms with Crippen molar-refractivity contribution in [2.45, 2.75) is 32.2 Å². The molecule has 0 unspecified atom stereocenters. The topological polar surface area (TPSA) is 111 Å². The maximum atomic E-state index is 12.8. The number of anilines is 1. The lowest BCUT2D eigenvalue weighted by atomic mass is 10.1. The highest BCUT2D eigenvalue weighted by molar-refractivity contribution is 6.33. The number of benzene rings is 2. The first-order chi connectivity index (χ1) is 15.5. The Kier molecular flexibility index (Phi) is 6.65. The van der Waals surface area contributed by atoms with Gasteiger partial charge in [-0.15, -0.1) is 5.10 Å². The summed E-state index contributed by atoms with van der Waals surface area (Å²) in [7, 11) is 1.47. The Balaban J connectivity index is 1.43. The molecule has 0 radical (unpaired) electrons. The van der Waals surface area contributed by atoms with Gasteiger partial charge in [0.2, 0.25) is 5.91 Å². The van der Waals surface area contributed by atoms with Gasteiger partial charge >= 0.3 is 0 Å². The van der Waals surface area contributed by atoms with Gasteiger partial charge in [0.1, 0.15) is 12.1 Å². The van der Waals surface area contributed by atoms with Crippen LogP contribution in [0.4, 0.5) is 5.69 Å². The summed E-state index contributed by atoms with van der Waals surface area (Å²) >= 11 is 6.34. The SMILES string of the molecule is COc1cc(-n2cnnn2)c(Cl)cc1C(=O)NCc1cccc(NC(=O)C2CCCC2)c1. The van der Waals surface area contributed by atoms with Crippen molar-refractivity contribution in [1.29, 1.82) is 0 Å². The van der Waals surface area contributed by atoms with Gasteiger partial charge in [-0.3, -0.25) is 9.59 Å². The number of rotatable bonds is 7. The van der Waals surface area contributed by atoms with Crippen LogP contribution in [-0.4, -0.2) is 39.1 Å². The molecule has 10 heteroatoms. The van der Waals surface area contributed by atoms with E-state index < -0.39 is 0 Å². The number of tetrazole rings is 1. The average molecular weight is 455 g/mol. The summed E-state index contributed by atoms with van der Waals surface area (Å²) in [6.45, 7) is 0.279. The zero-order valence-corrected chi connectivity index (χ0v) is 18.3. The van der Waals surface area contributed by atoms with Crippen LogP contribution in [0.15, 0.2) is 42.7 Å². The van der Waals surface area contributed by atoms with Crippen LogP contribution < -0.4 is 15.4 Å². The van der Waals surface area contributed by atoms with E-state index in [1.54, 1.807) is 6.07 Å². The van der Waals surface area contributed by atoms with Gasteiger partial charge in [0.15, 0.2) is 0 Å². The van der Waals surface area contributed by atoms with Crippen LogP contribution in [0.25, 0.3) is 5.69 Å². The number of methoxy groups -OCH3 is 1. The van der Waals surface area contributed by atoms with E-state index in [0.29, 0.717) is 22.0 Å². The molecular formula is C22H23ClN6O3. The highest BCUT2D eigenvalue weighted by Gasteiger charge is 2.22. The molecule has 2 N–H and O–H groups in total. The van der Waals surface area contributed by atoms with Crippen molar-refractivity contribution >= 4 is 29.1 Å². The number of carbonyl (C=O) groups is 2. The number of ether oxygens (including phenoxy) is 1. The van der Waals surface area contributed by atoms with E-state index in [9.17, 15) is 9.59 Å². The Morgan fingerprint density at radius 1 is 1.22 bits per heavy atom. The number of nitrogens with one attached hydrogen (secondary N) is 2. The van der Waals surface area contributed by atoms with E-state index in [4.69, 9.17) is 16.3 Å². The zero-order chi connectivity index (χ0) is 22.5. The minimum Gasteiger partial charge on any atom is -0.496 e. The van der Waals surface area contributed by atoms with Gasteiger partial charge in [-0.2, -0.15) is 4.68 Å². The first-order valence-electron chi connectivity index (χ1n) is 10.3. The predicted octanol–water partition coefficient (Wildman–Crippen LogP) is 3.38. The maximum absolute atomic E-state index is 12.8. The van der Waals surface area contributed by atoms with Crippen LogP contribution >= 0.6 is 11.6 Å². The lowest BCUT2D eigenvalue weighted by Crippen LogP contribution is -2.24. The minimum absolute atomic E-state index is 0.0609. The molecule has 9 nitrogen and oxygen atoms in total. The normalized spacial score (nSPS) is 13.7. The molecule has 0 saturated heterocycles. The lowest BCUT2D eigenvalue weighted by Gasteiger charge is -2.13. The highest BCUT2D eigenvalue weighted by atomic mass is 35.5. The molecule has 0 aliphatic heterocycles. The monoisotopic (exact) mass is 454 g/mol. The lowest BCUT2D eigenvalue weighted by molar-refractivity contribution is -0.119. The van der Waals surface area contributed by atoms with E-state index in [2.05, 4.69) is 26.2 Å². The third-order valence-electron chi connectivity index (χ3n) is 5.48. The second kappa shape index (κ2) is 9.78. The Hall–Kier alpha value is -3.46. The molecule has 2 amide bonds. The number of halogens is 1. The Morgan fingerprint density at radius 3 is 2.75 bits per heavy atom. The van der Waals surface area contributed by atoms with Gasteiger partial charge < -0.3 is 15.4 Å². The van der Waals surface area contributed by atoms with Crippen LogP contribution in [0.5, 0.6) is 5.75 Å². The number of carbonyl (C=O) groups excluding carboxylic acids is 2. The summed E-state index contributed by atoms with van der Waals surface area (Å²) in [5, 5.41) is 17.1. The van der Waals surface area contributed by atoms with Crippen molar-refractivity contribution in [3.8, 4) is 11.4 Å². The minimum atomic E-state index is -0.340. The Morgan fingerprint density at radius 2 is 2.03 bits per heavy atom. The standard InChI is InChI=1S/C22H23ClN6O3/c1-32-20-11-19(29-13-25-27-28-29)18(23)10-17(20)22(31)24-12-14-5-4-8-16(9-14)26-21(30)15-6-2-3-7-15/h4-5,8-11,13,15H,2-3,6-7,12H2,1H3,(H,24,31)(H,26,30). The molecule has 1 aliphatic rings. The van der Waals surface area contributed by atoms with Crippen molar-refractivity contribution in [1.82, 2.24) is 25.5 Å². The van der Waals surface area contributed by atoms with Crippen LogP contribution in [0.1, 0.15) is 41.6 Å². The quantitative estimate of drug-likeness (QED) is 0.566. The molecule has 166 valence electrons. The largest absolute Gasteiger partial charge is 0.496 e. The van der Waals surface area contributed by atoms with E-state index in [1.165, 1.54) is 24.2 Å². The summed E-state index contributed by atoms with van der Waals surface area (Å²) < 4.78 is 6.76. The molecular weight excluding hydrogens is 432 g/mol. The predicted molar refractivity (Wildman–Crippen MR) is 119 cm³/mol. The van der Waals surface area contributed by atoms with E-state index in [1.807, 2.05) is 24.3 Å². The number of aromatic nitrogens is 4. The molecule has 0 spiro atoms. The van der Waals surface area contributed by atoms with E-state index >= 15 is 0 Å². The fourth-order valence-electron chi connectivity index (χ4n) is 3.81. The van der Waals surface area contributed by atoms with E-state index in [0.717, 1.165) is 36.9 Å². The number of hydrogen-bond donors (Lipinski definition) is 2. The second-order valence-electron chi connectivity index (χ2n) is 7.61. The summed E-state index contributed by atoms with van der Waals surface area (Å²) in [6.07, 6.45) is 5.50.